The lowest BCUT2D eigenvalue weighted by Gasteiger charge is -2.29. The van der Waals surface area contributed by atoms with Crippen LogP contribution in [0.3, 0.4) is 0 Å². The number of thioether (sulfide) groups is 1. The molecule has 2 N–H and O–H groups in total. The minimum absolute atomic E-state index is 0.575. The van der Waals surface area contributed by atoms with Gasteiger partial charge in [-0.3, -0.25) is 4.99 Å². The zero-order valence-electron chi connectivity index (χ0n) is 14.1. The first kappa shape index (κ1) is 17.7. The maximum atomic E-state index is 5.35. The number of hydrogen-bond donors (Lipinski definition) is 2. The van der Waals surface area contributed by atoms with Crippen molar-refractivity contribution in [3.8, 4) is 0 Å². The number of nitrogens with zero attached hydrogens (tertiary/aromatic N) is 1. The molecule has 0 aromatic heterocycles. The summed E-state index contributed by atoms with van der Waals surface area (Å²) < 4.78 is 5.35. The van der Waals surface area contributed by atoms with Gasteiger partial charge >= 0.3 is 0 Å². The van der Waals surface area contributed by atoms with E-state index in [4.69, 9.17) is 9.73 Å². The zero-order valence-corrected chi connectivity index (χ0v) is 14.9. The molecule has 0 amide bonds. The average Bonchev–Trinajstić information content (AvgIpc) is 2.56. The standard InChI is InChI=1S/C17H31N3OS/c1-3-18-17(19-10-7-14-8-11-21-12-9-14)20-15-5-4-6-16(13-15)22-2/h8,15-16H,3-7,9-13H2,1-2H3,(H2,18,19,20). The number of guanidine groups is 1. The maximum Gasteiger partial charge on any atom is 0.191 e. The summed E-state index contributed by atoms with van der Waals surface area (Å²) in [5.74, 6) is 0.988. The Hall–Kier alpha value is -0.680. The van der Waals surface area contributed by atoms with Crippen molar-refractivity contribution in [1.29, 1.82) is 0 Å². The lowest BCUT2D eigenvalue weighted by molar-refractivity contribution is 0.153. The second-order valence-corrected chi connectivity index (χ2v) is 7.20. The first-order valence-corrected chi connectivity index (χ1v) is 9.94. The van der Waals surface area contributed by atoms with Crippen molar-refractivity contribution in [3.05, 3.63) is 11.6 Å². The van der Waals surface area contributed by atoms with Crippen molar-refractivity contribution in [2.24, 2.45) is 4.99 Å². The van der Waals surface area contributed by atoms with Crippen molar-refractivity contribution in [1.82, 2.24) is 10.6 Å². The summed E-state index contributed by atoms with van der Waals surface area (Å²) in [6.45, 7) is 5.55. The summed E-state index contributed by atoms with van der Waals surface area (Å²) in [7, 11) is 0. The van der Waals surface area contributed by atoms with Gasteiger partial charge in [-0.25, -0.2) is 0 Å². The molecule has 2 aliphatic rings. The summed E-state index contributed by atoms with van der Waals surface area (Å²) in [5.41, 5.74) is 1.49. The third kappa shape index (κ3) is 6.21. The summed E-state index contributed by atoms with van der Waals surface area (Å²) in [6.07, 6.45) is 11.8. The van der Waals surface area contributed by atoms with Gasteiger partial charge in [-0.1, -0.05) is 18.1 Å². The number of nitrogens with one attached hydrogen (secondary N) is 2. The quantitative estimate of drug-likeness (QED) is 0.448. The molecule has 2 atom stereocenters. The van der Waals surface area contributed by atoms with Crippen molar-refractivity contribution >= 4 is 17.7 Å². The Labute approximate surface area is 139 Å². The molecule has 1 fully saturated rings. The number of aliphatic imine (C=N–C) groups is 1. The molecule has 0 saturated heterocycles. The highest BCUT2D eigenvalue weighted by Gasteiger charge is 2.21. The van der Waals surface area contributed by atoms with Crippen molar-refractivity contribution < 1.29 is 4.74 Å². The Morgan fingerprint density at radius 2 is 2.36 bits per heavy atom. The van der Waals surface area contributed by atoms with E-state index >= 15 is 0 Å². The molecular formula is C17H31N3OS. The molecule has 2 rings (SSSR count). The lowest BCUT2D eigenvalue weighted by atomic mass is 9.95. The lowest BCUT2D eigenvalue weighted by Crippen LogP contribution is -2.45. The van der Waals surface area contributed by atoms with E-state index in [1.807, 2.05) is 11.8 Å². The molecule has 1 aliphatic heterocycles. The highest BCUT2D eigenvalue weighted by Crippen LogP contribution is 2.26. The first-order chi connectivity index (χ1) is 10.8. The average molecular weight is 326 g/mol. The summed E-state index contributed by atoms with van der Waals surface area (Å²) >= 11 is 2.01. The Balaban J connectivity index is 1.80. The number of rotatable bonds is 6. The van der Waals surface area contributed by atoms with E-state index in [1.54, 1.807) is 0 Å². The largest absolute Gasteiger partial charge is 0.377 e. The topological polar surface area (TPSA) is 45.7 Å². The van der Waals surface area contributed by atoms with Crippen LogP contribution in [0, 0.1) is 0 Å². The van der Waals surface area contributed by atoms with Gasteiger partial charge < -0.3 is 15.4 Å². The fourth-order valence-electron chi connectivity index (χ4n) is 3.11. The van der Waals surface area contributed by atoms with Gasteiger partial charge in [-0.15, -0.1) is 0 Å². The molecule has 1 heterocycles. The second-order valence-electron chi connectivity index (χ2n) is 6.06. The van der Waals surface area contributed by atoms with Gasteiger partial charge in [0.05, 0.1) is 13.2 Å². The molecule has 0 spiro atoms. The van der Waals surface area contributed by atoms with Gasteiger partial charge in [0.25, 0.3) is 0 Å². The van der Waals surface area contributed by atoms with Crippen LogP contribution in [0.2, 0.25) is 0 Å². The summed E-state index contributed by atoms with van der Waals surface area (Å²) in [4.78, 5) is 4.76. The monoisotopic (exact) mass is 325 g/mol. The Kier molecular flexibility index (Phi) is 8.16. The first-order valence-electron chi connectivity index (χ1n) is 8.65. The van der Waals surface area contributed by atoms with Crippen LogP contribution in [0.15, 0.2) is 16.6 Å². The molecule has 5 heteroatoms. The number of hydrogen-bond acceptors (Lipinski definition) is 3. The third-order valence-electron chi connectivity index (χ3n) is 4.40. The molecule has 126 valence electrons. The highest BCUT2D eigenvalue weighted by molar-refractivity contribution is 7.99. The fraction of sp³-hybridized carbons (Fsp3) is 0.824. The Morgan fingerprint density at radius 3 is 3.09 bits per heavy atom. The molecule has 0 aromatic carbocycles. The molecule has 22 heavy (non-hydrogen) atoms. The van der Waals surface area contributed by atoms with Crippen LogP contribution in [0.25, 0.3) is 0 Å². The summed E-state index contributed by atoms with van der Waals surface area (Å²) in [6, 6.07) is 0.575. The van der Waals surface area contributed by atoms with Crippen LogP contribution in [-0.2, 0) is 4.74 Å². The van der Waals surface area contributed by atoms with Gasteiger partial charge in [0, 0.05) is 24.4 Å². The second kappa shape index (κ2) is 10.2. The van der Waals surface area contributed by atoms with E-state index in [0.29, 0.717) is 6.04 Å². The Bertz CT molecular complexity index is 384. The molecular weight excluding hydrogens is 294 g/mol. The normalized spacial score (nSPS) is 26.5. The van der Waals surface area contributed by atoms with Gasteiger partial charge in [-0.05, 0) is 45.3 Å². The van der Waals surface area contributed by atoms with Gasteiger partial charge in [0.1, 0.15) is 0 Å². The third-order valence-corrected chi connectivity index (χ3v) is 5.50. The van der Waals surface area contributed by atoms with Gasteiger partial charge in [-0.2, -0.15) is 11.8 Å². The number of ether oxygens (including phenoxy) is 1. The van der Waals surface area contributed by atoms with Crippen LogP contribution in [0.5, 0.6) is 0 Å². The smallest absolute Gasteiger partial charge is 0.191 e. The minimum atomic E-state index is 0.575. The highest BCUT2D eigenvalue weighted by atomic mass is 32.2. The molecule has 0 radical (unpaired) electrons. The predicted molar refractivity (Wildman–Crippen MR) is 96.8 cm³/mol. The van der Waals surface area contributed by atoms with E-state index in [0.717, 1.165) is 50.4 Å². The maximum absolute atomic E-state index is 5.35. The van der Waals surface area contributed by atoms with E-state index in [2.05, 4.69) is 29.9 Å². The van der Waals surface area contributed by atoms with Gasteiger partial charge in [0.15, 0.2) is 5.96 Å². The SMILES string of the molecule is CCNC(=NCCC1=CCOCC1)NC1CCCC(SC)C1. The van der Waals surface area contributed by atoms with E-state index in [9.17, 15) is 0 Å². The van der Waals surface area contributed by atoms with Crippen molar-refractivity contribution in [2.75, 3.05) is 32.6 Å². The van der Waals surface area contributed by atoms with Crippen LogP contribution >= 0.6 is 11.8 Å². The van der Waals surface area contributed by atoms with Crippen molar-refractivity contribution in [3.63, 3.8) is 0 Å². The molecule has 0 aromatic rings. The van der Waals surface area contributed by atoms with Crippen LogP contribution in [0.4, 0.5) is 0 Å². The minimum Gasteiger partial charge on any atom is -0.377 e. The molecule has 1 aliphatic carbocycles. The summed E-state index contributed by atoms with van der Waals surface area (Å²) in [5, 5.41) is 7.84. The van der Waals surface area contributed by atoms with Gasteiger partial charge in [0.2, 0.25) is 0 Å². The molecule has 4 nitrogen and oxygen atoms in total. The van der Waals surface area contributed by atoms with Crippen molar-refractivity contribution in [2.45, 2.75) is 56.7 Å². The molecule has 1 saturated carbocycles. The predicted octanol–water partition coefficient (Wildman–Crippen LogP) is 2.95. The molecule has 0 bridgehead atoms. The fourth-order valence-corrected chi connectivity index (χ4v) is 3.93. The van der Waals surface area contributed by atoms with E-state index in [-0.39, 0.29) is 0 Å². The van der Waals surface area contributed by atoms with E-state index < -0.39 is 0 Å². The van der Waals surface area contributed by atoms with Crippen LogP contribution < -0.4 is 10.6 Å². The van der Waals surface area contributed by atoms with Crippen LogP contribution in [-0.4, -0.2) is 49.8 Å². The van der Waals surface area contributed by atoms with E-state index in [1.165, 1.54) is 31.3 Å². The zero-order chi connectivity index (χ0) is 15.6. The Morgan fingerprint density at radius 1 is 1.45 bits per heavy atom. The van der Waals surface area contributed by atoms with Crippen LogP contribution in [0.1, 0.15) is 45.4 Å². The molecule has 2 unspecified atom stereocenters.